The quantitative estimate of drug-likeness (QED) is 0.271. The molecule has 0 aliphatic heterocycles. The number of benzene rings is 4. The smallest absolute Gasteiger partial charge is 0.251 e. The van der Waals surface area contributed by atoms with Crippen LogP contribution in [0.2, 0.25) is 0 Å². The molecule has 5 nitrogen and oxygen atoms in total. The Morgan fingerprint density at radius 3 is 2.08 bits per heavy atom. The summed E-state index contributed by atoms with van der Waals surface area (Å²) in [6.45, 7) is 1.32. The second-order valence-electron chi connectivity index (χ2n) is 8.41. The molecule has 5 rings (SSSR count). The van der Waals surface area contributed by atoms with Crippen molar-refractivity contribution < 1.29 is 14.3 Å². The molecule has 0 spiro atoms. The fourth-order valence-corrected chi connectivity index (χ4v) is 3.78. The van der Waals surface area contributed by atoms with Gasteiger partial charge in [0.2, 0.25) is 0 Å². The Hall–Kier alpha value is -4.64. The first-order chi connectivity index (χ1) is 17.7. The molecule has 0 saturated carbocycles. The Kier molecular flexibility index (Phi) is 7.19. The monoisotopic (exact) mass is 474 g/mol. The summed E-state index contributed by atoms with van der Waals surface area (Å²) in [4.78, 5) is 17.2. The summed E-state index contributed by atoms with van der Waals surface area (Å²) < 4.78 is 11.7. The maximum atomic E-state index is 12.6. The maximum Gasteiger partial charge on any atom is 0.251 e. The SMILES string of the molecule is O=C(NCc1ccc(OCc2ccccc2)cc1)c1ccc(OCc2ccc3ccccc3n2)cc1. The van der Waals surface area contributed by atoms with E-state index in [0.717, 1.165) is 33.5 Å². The van der Waals surface area contributed by atoms with Crippen molar-refractivity contribution in [2.45, 2.75) is 19.8 Å². The number of nitrogens with zero attached hydrogens (tertiary/aromatic N) is 1. The number of para-hydroxylation sites is 1. The van der Waals surface area contributed by atoms with Gasteiger partial charge in [-0.2, -0.15) is 0 Å². The Labute approximate surface area is 210 Å². The average Bonchev–Trinajstić information content (AvgIpc) is 2.95. The van der Waals surface area contributed by atoms with Crippen LogP contribution in [-0.4, -0.2) is 10.9 Å². The van der Waals surface area contributed by atoms with E-state index in [1.807, 2.05) is 91.0 Å². The number of fused-ring (bicyclic) bond motifs is 1. The van der Waals surface area contributed by atoms with Gasteiger partial charge in [-0.25, -0.2) is 4.98 Å². The first-order valence-corrected chi connectivity index (χ1v) is 11.8. The molecule has 0 saturated heterocycles. The summed E-state index contributed by atoms with van der Waals surface area (Å²) in [7, 11) is 0. The first-order valence-electron chi connectivity index (χ1n) is 11.8. The van der Waals surface area contributed by atoms with Gasteiger partial charge in [0.25, 0.3) is 5.91 Å². The highest BCUT2D eigenvalue weighted by atomic mass is 16.5. The fraction of sp³-hybridized carbons (Fsp3) is 0.0968. The van der Waals surface area contributed by atoms with Gasteiger partial charge < -0.3 is 14.8 Å². The lowest BCUT2D eigenvalue weighted by molar-refractivity contribution is 0.0951. The summed E-state index contributed by atoms with van der Waals surface area (Å²) in [6, 6.07) is 36.9. The number of carbonyl (C=O) groups excluding carboxylic acids is 1. The zero-order valence-electron chi connectivity index (χ0n) is 19.8. The van der Waals surface area contributed by atoms with Gasteiger partial charge in [-0.1, -0.05) is 66.7 Å². The molecule has 0 aliphatic rings. The molecular formula is C31H26N2O3. The van der Waals surface area contributed by atoms with Crippen LogP contribution in [0.25, 0.3) is 10.9 Å². The minimum Gasteiger partial charge on any atom is -0.489 e. The van der Waals surface area contributed by atoms with Crippen molar-refractivity contribution in [1.29, 1.82) is 0 Å². The molecule has 1 heterocycles. The molecular weight excluding hydrogens is 448 g/mol. The van der Waals surface area contributed by atoms with Crippen LogP contribution in [-0.2, 0) is 19.8 Å². The van der Waals surface area contributed by atoms with E-state index < -0.39 is 0 Å². The Bertz CT molecular complexity index is 1430. The Morgan fingerprint density at radius 2 is 1.31 bits per heavy atom. The van der Waals surface area contributed by atoms with Crippen LogP contribution < -0.4 is 14.8 Å². The predicted octanol–water partition coefficient (Wildman–Crippen LogP) is 6.32. The Morgan fingerprint density at radius 1 is 0.639 bits per heavy atom. The van der Waals surface area contributed by atoms with E-state index in [1.54, 1.807) is 24.3 Å². The van der Waals surface area contributed by atoms with Crippen LogP contribution in [0.15, 0.2) is 115 Å². The van der Waals surface area contributed by atoms with E-state index in [1.165, 1.54) is 0 Å². The maximum absolute atomic E-state index is 12.6. The molecule has 0 atom stereocenters. The van der Waals surface area contributed by atoms with Gasteiger partial charge in [-0.3, -0.25) is 4.79 Å². The van der Waals surface area contributed by atoms with Crippen molar-refractivity contribution in [3.05, 3.63) is 138 Å². The zero-order chi connectivity index (χ0) is 24.6. The highest BCUT2D eigenvalue weighted by Gasteiger charge is 2.07. The van der Waals surface area contributed by atoms with Crippen LogP contribution in [0, 0.1) is 0 Å². The molecule has 1 amide bonds. The number of hydrogen-bond donors (Lipinski definition) is 1. The van der Waals surface area contributed by atoms with E-state index >= 15 is 0 Å². The molecule has 36 heavy (non-hydrogen) atoms. The van der Waals surface area contributed by atoms with Gasteiger partial charge in [0, 0.05) is 17.5 Å². The van der Waals surface area contributed by atoms with Gasteiger partial charge in [-0.15, -0.1) is 0 Å². The second kappa shape index (κ2) is 11.2. The molecule has 0 radical (unpaired) electrons. The van der Waals surface area contributed by atoms with Crippen molar-refractivity contribution in [2.24, 2.45) is 0 Å². The number of carbonyl (C=O) groups is 1. The summed E-state index contributed by atoms with van der Waals surface area (Å²) >= 11 is 0. The lowest BCUT2D eigenvalue weighted by Gasteiger charge is -2.09. The van der Waals surface area contributed by atoms with E-state index in [-0.39, 0.29) is 5.91 Å². The Balaban J connectivity index is 1.09. The van der Waals surface area contributed by atoms with E-state index in [9.17, 15) is 4.79 Å². The third kappa shape index (κ3) is 6.07. The van der Waals surface area contributed by atoms with Crippen molar-refractivity contribution >= 4 is 16.8 Å². The van der Waals surface area contributed by atoms with Crippen LogP contribution in [0.3, 0.4) is 0 Å². The fourth-order valence-electron chi connectivity index (χ4n) is 3.78. The lowest BCUT2D eigenvalue weighted by atomic mass is 10.2. The van der Waals surface area contributed by atoms with Gasteiger partial charge in [0.05, 0.1) is 11.2 Å². The van der Waals surface area contributed by atoms with E-state index in [2.05, 4.69) is 10.3 Å². The second-order valence-corrected chi connectivity index (χ2v) is 8.41. The van der Waals surface area contributed by atoms with Crippen LogP contribution in [0.5, 0.6) is 11.5 Å². The molecule has 178 valence electrons. The lowest BCUT2D eigenvalue weighted by Crippen LogP contribution is -2.22. The minimum atomic E-state index is -0.137. The standard InChI is InChI=1S/C31H26N2O3/c34-31(32-20-23-10-16-28(17-11-23)35-21-24-6-2-1-3-7-24)26-13-18-29(19-14-26)36-22-27-15-12-25-8-4-5-9-30(25)33-27/h1-19H,20-22H2,(H,32,34). The number of rotatable bonds is 9. The third-order valence-electron chi connectivity index (χ3n) is 5.78. The number of hydrogen-bond acceptors (Lipinski definition) is 4. The van der Waals surface area contributed by atoms with Gasteiger partial charge in [0.1, 0.15) is 24.7 Å². The number of aromatic nitrogens is 1. The molecule has 1 aromatic heterocycles. The molecule has 5 aromatic rings. The van der Waals surface area contributed by atoms with E-state index in [4.69, 9.17) is 9.47 Å². The molecule has 4 aromatic carbocycles. The summed E-state index contributed by atoms with van der Waals surface area (Å²) in [6.07, 6.45) is 0. The number of pyridine rings is 1. The normalized spacial score (nSPS) is 10.7. The molecule has 5 heteroatoms. The minimum absolute atomic E-state index is 0.137. The van der Waals surface area contributed by atoms with Crippen LogP contribution in [0.4, 0.5) is 0 Å². The molecule has 0 aliphatic carbocycles. The first kappa shape index (κ1) is 23.1. The third-order valence-corrected chi connectivity index (χ3v) is 5.78. The van der Waals surface area contributed by atoms with Gasteiger partial charge in [-0.05, 0) is 59.7 Å². The topological polar surface area (TPSA) is 60.5 Å². The number of nitrogens with one attached hydrogen (secondary N) is 1. The van der Waals surface area contributed by atoms with Crippen molar-refractivity contribution in [1.82, 2.24) is 10.3 Å². The van der Waals surface area contributed by atoms with E-state index in [0.29, 0.717) is 31.1 Å². The summed E-state index contributed by atoms with van der Waals surface area (Å²) in [5.41, 5.74) is 4.50. The number of amides is 1. The molecule has 1 N–H and O–H groups in total. The highest BCUT2D eigenvalue weighted by Crippen LogP contribution is 2.17. The zero-order valence-corrected chi connectivity index (χ0v) is 19.8. The molecule has 0 bridgehead atoms. The van der Waals surface area contributed by atoms with Crippen molar-refractivity contribution in [2.75, 3.05) is 0 Å². The van der Waals surface area contributed by atoms with Crippen LogP contribution >= 0.6 is 0 Å². The highest BCUT2D eigenvalue weighted by molar-refractivity contribution is 5.94. The molecule has 0 unspecified atom stereocenters. The van der Waals surface area contributed by atoms with Crippen molar-refractivity contribution in [3.63, 3.8) is 0 Å². The predicted molar refractivity (Wildman–Crippen MR) is 141 cm³/mol. The van der Waals surface area contributed by atoms with Gasteiger partial charge >= 0.3 is 0 Å². The van der Waals surface area contributed by atoms with Crippen LogP contribution in [0.1, 0.15) is 27.2 Å². The van der Waals surface area contributed by atoms with Crippen molar-refractivity contribution in [3.8, 4) is 11.5 Å². The summed E-state index contributed by atoms with van der Waals surface area (Å²) in [5.74, 6) is 1.35. The average molecular weight is 475 g/mol. The summed E-state index contributed by atoms with van der Waals surface area (Å²) in [5, 5.41) is 4.06. The largest absolute Gasteiger partial charge is 0.489 e. The molecule has 0 fully saturated rings. The number of ether oxygens (including phenoxy) is 2. The van der Waals surface area contributed by atoms with Gasteiger partial charge in [0.15, 0.2) is 0 Å².